The Balaban J connectivity index is 2.23. The molecule has 0 fully saturated rings. The van der Waals surface area contributed by atoms with Gasteiger partial charge in [-0.3, -0.25) is 0 Å². The van der Waals surface area contributed by atoms with Crippen LogP contribution in [0.3, 0.4) is 0 Å². The van der Waals surface area contributed by atoms with Gasteiger partial charge in [-0.25, -0.2) is 8.42 Å². The summed E-state index contributed by atoms with van der Waals surface area (Å²) in [5, 5.41) is 3.81. The van der Waals surface area contributed by atoms with Gasteiger partial charge in [0, 0.05) is 10.7 Å². The van der Waals surface area contributed by atoms with Crippen LogP contribution in [0.2, 0.25) is 0 Å². The number of sulfone groups is 1. The van der Waals surface area contributed by atoms with Gasteiger partial charge in [0.1, 0.15) is 5.75 Å². The molecule has 0 bridgehead atoms. The SMILES string of the molecule is COc1cc(Br)ccc1-c1nc2nc(S(C)(=O)=O)nc(N)n2n1. The van der Waals surface area contributed by atoms with E-state index < -0.39 is 15.0 Å². The van der Waals surface area contributed by atoms with Crippen molar-refractivity contribution in [2.24, 2.45) is 0 Å². The van der Waals surface area contributed by atoms with Crippen LogP contribution < -0.4 is 10.5 Å². The van der Waals surface area contributed by atoms with Crippen molar-refractivity contribution in [1.29, 1.82) is 0 Å². The summed E-state index contributed by atoms with van der Waals surface area (Å²) in [7, 11) is -2.08. The number of benzene rings is 1. The number of aromatic nitrogens is 5. The lowest BCUT2D eigenvalue weighted by Crippen LogP contribution is -2.11. The zero-order valence-electron chi connectivity index (χ0n) is 12.1. The number of nitrogen functional groups attached to an aromatic ring is 1. The van der Waals surface area contributed by atoms with Crippen molar-refractivity contribution in [1.82, 2.24) is 24.6 Å². The van der Waals surface area contributed by atoms with E-state index in [4.69, 9.17) is 10.5 Å². The van der Waals surface area contributed by atoms with E-state index >= 15 is 0 Å². The van der Waals surface area contributed by atoms with Crippen LogP contribution in [0.25, 0.3) is 17.2 Å². The van der Waals surface area contributed by atoms with Crippen LogP contribution >= 0.6 is 15.9 Å². The van der Waals surface area contributed by atoms with Crippen LogP contribution in [0, 0.1) is 0 Å². The summed E-state index contributed by atoms with van der Waals surface area (Å²) in [6.07, 6.45) is 0.993. The van der Waals surface area contributed by atoms with E-state index in [0.717, 1.165) is 10.7 Å². The quantitative estimate of drug-likeness (QED) is 0.690. The summed E-state index contributed by atoms with van der Waals surface area (Å²) < 4.78 is 30.5. The van der Waals surface area contributed by atoms with Crippen molar-refractivity contribution in [2.75, 3.05) is 19.1 Å². The number of fused-ring (bicyclic) bond motifs is 1. The molecule has 0 amide bonds. The lowest BCUT2D eigenvalue weighted by Gasteiger charge is -2.05. The minimum atomic E-state index is -3.60. The first-order valence-electron chi connectivity index (χ1n) is 6.24. The molecule has 9 nitrogen and oxygen atoms in total. The minimum Gasteiger partial charge on any atom is -0.496 e. The number of hydrogen-bond acceptors (Lipinski definition) is 8. The fourth-order valence-electron chi connectivity index (χ4n) is 1.92. The zero-order chi connectivity index (χ0) is 16.8. The highest BCUT2D eigenvalue weighted by Gasteiger charge is 2.19. The summed E-state index contributed by atoms with van der Waals surface area (Å²) in [5.41, 5.74) is 6.36. The highest BCUT2D eigenvalue weighted by Crippen LogP contribution is 2.30. The smallest absolute Gasteiger partial charge is 0.258 e. The topological polar surface area (TPSA) is 125 Å². The molecule has 0 radical (unpaired) electrons. The van der Waals surface area contributed by atoms with Crippen LogP contribution in [-0.4, -0.2) is 46.3 Å². The second-order valence-corrected chi connectivity index (χ2v) is 7.45. The van der Waals surface area contributed by atoms with E-state index in [9.17, 15) is 8.42 Å². The van der Waals surface area contributed by atoms with E-state index in [1.807, 2.05) is 0 Å². The number of anilines is 1. The van der Waals surface area contributed by atoms with E-state index in [0.29, 0.717) is 17.1 Å². The molecule has 120 valence electrons. The summed E-state index contributed by atoms with van der Waals surface area (Å²) in [6, 6.07) is 5.33. The summed E-state index contributed by atoms with van der Waals surface area (Å²) in [6.45, 7) is 0. The molecule has 2 aromatic heterocycles. The zero-order valence-corrected chi connectivity index (χ0v) is 14.5. The van der Waals surface area contributed by atoms with Gasteiger partial charge in [-0.2, -0.15) is 19.5 Å². The third-order valence-corrected chi connectivity index (χ3v) is 4.29. The molecule has 2 N–H and O–H groups in total. The summed E-state index contributed by atoms with van der Waals surface area (Å²) >= 11 is 3.35. The van der Waals surface area contributed by atoms with E-state index in [1.54, 1.807) is 18.2 Å². The molecule has 3 aromatic rings. The molecule has 3 rings (SSSR count). The van der Waals surface area contributed by atoms with Crippen LogP contribution in [0.5, 0.6) is 5.75 Å². The second-order valence-electron chi connectivity index (χ2n) is 4.63. The first-order valence-corrected chi connectivity index (χ1v) is 8.92. The second kappa shape index (κ2) is 5.42. The largest absolute Gasteiger partial charge is 0.496 e. The Labute approximate surface area is 139 Å². The Kier molecular flexibility index (Phi) is 3.68. The number of hydrogen-bond donors (Lipinski definition) is 1. The minimum absolute atomic E-state index is 0.0397. The van der Waals surface area contributed by atoms with Gasteiger partial charge in [0.2, 0.25) is 15.8 Å². The van der Waals surface area contributed by atoms with Crippen molar-refractivity contribution in [2.45, 2.75) is 5.16 Å². The van der Waals surface area contributed by atoms with Crippen molar-refractivity contribution in [3.63, 3.8) is 0 Å². The number of nitrogens with two attached hydrogens (primary N) is 1. The van der Waals surface area contributed by atoms with Crippen LogP contribution in [-0.2, 0) is 9.84 Å². The summed E-state index contributed by atoms with van der Waals surface area (Å²) in [5.74, 6) is 0.759. The molecular weight excluding hydrogens is 388 g/mol. The first kappa shape index (κ1) is 15.6. The highest BCUT2D eigenvalue weighted by molar-refractivity contribution is 9.10. The average molecular weight is 399 g/mol. The Morgan fingerprint density at radius 1 is 1.26 bits per heavy atom. The van der Waals surface area contributed by atoms with Gasteiger partial charge in [-0.15, -0.1) is 5.10 Å². The van der Waals surface area contributed by atoms with E-state index in [1.165, 1.54) is 11.6 Å². The molecular formula is C12H11BrN6O3S. The van der Waals surface area contributed by atoms with Crippen molar-refractivity contribution in [3.05, 3.63) is 22.7 Å². The third-order valence-electron chi connectivity index (χ3n) is 2.95. The standard InChI is InChI=1S/C12H11BrN6O3S/c1-22-8-5-6(13)3-4-7(8)9-15-11-17-12(23(2,20)21)16-10(14)19(11)18-9/h3-5H,1-2H3,(H2,14,15,16,17,18). The van der Waals surface area contributed by atoms with E-state index in [2.05, 4.69) is 36.0 Å². The molecule has 0 spiro atoms. The molecule has 2 heterocycles. The predicted molar refractivity (Wildman–Crippen MR) is 85.8 cm³/mol. The number of ether oxygens (including phenoxy) is 1. The van der Waals surface area contributed by atoms with Crippen molar-refractivity contribution >= 4 is 37.5 Å². The van der Waals surface area contributed by atoms with Crippen LogP contribution in [0.1, 0.15) is 0 Å². The van der Waals surface area contributed by atoms with Gasteiger partial charge in [-0.1, -0.05) is 15.9 Å². The van der Waals surface area contributed by atoms with Crippen LogP contribution in [0.4, 0.5) is 5.95 Å². The molecule has 0 atom stereocenters. The van der Waals surface area contributed by atoms with Gasteiger partial charge >= 0.3 is 0 Å². The maximum absolute atomic E-state index is 11.6. The molecule has 1 aromatic carbocycles. The Morgan fingerprint density at radius 2 is 2.00 bits per heavy atom. The normalized spacial score (nSPS) is 11.8. The van der Waals surface area contributed by atoms with Gasteiger partial charge in [0.15, 0.2) is 5.82 Å². The molecule has 0 unspecified atom stereocenters. The Bertz CT molecular complexity index is 1020. The van der Waals surface area contributed by atoms with Gasteiger partial charge in [0.25, 0.3) is 10.9 Å². The Hall–Kier alpha value is -2.27. The fraction of sp³-hybridized carbons (Fsp3) is 0.167. The lowest BCUT2D eigenvalue weighted by molar-refractivity contribution is 0.416. The van der Waals surface area contributed by atoms with Gasteiger partial charge < -0.3 is 10.5 Å². The molecule has 23 heavy (non-hydrogen) atoms. The molecule has 0 saturated carbocycles. The molecule has 0 saturated heterocycles. The number of methoxy groups -OCH3 is 1. The highest BCUT2D eigenvalue weighted by atomic mass is 79.9. The van der Waals surface area contributed by atoms with E-state index in [-0.39, 0.29) is 11.7 Å². The predicted octanol–water partition coefficient (Wildman–Crippen LogP) is 0.943. The van der Waals surface area contributed by atoms with Crippen molar-refractivity contribution < 1.29 is 13.2 Å². The summed E-state index contributed by atoms with van der Waals surface area (Å²) in [4.78, 5) is 11.8. The van der Waals surface area contributed by atoms with Crippen molar-refractivity contribution in [3.8, 4) is 17.1 Å². The van der Waals surface area contributed by atoms with Gasteiger partial charge in [-0.05, 0) is 18.2 Å². The molecule has 11 heteroatoms. The molecule has 0 aliphatic carbocycles. The number of halogens is 1. The van der Waals surface area contributed by atoms with Gasteiger partial charge in [0.05, 0.1) is 12.7 Å². The molecule has 0 aliphatic rings. The maximum Gasteiger partial charge on any atom is 0.258 e. The lowest BCUT2D eigenvalue weighted by atomic mass is 10.2. The average Bonchev–Trinajstić information content (AvgIpc) is 2.90. The molecule has 0 aliphatic heterocycles. The number of rotatable bonds is 3. The Morgan fingerprint density at radius 3 is 2.65 bits per heavy atom. The third kappa shape index (κ3) is 2.84. The first-order chi connectivity index (χ1) is 10.8. The maximum atomic E-state index is 11.6. The fourth-order valence-corrected chi connectivity index (χ4v) is 2.76. The number of nitrogens with zero attached hydrogens (tertiary/aromatic N) is 5. The van der Waals surface area contributed by atoms with Crippen LogP contribution in [0.15, 0.2) is 27.8 Å². The monoisotopic (exact) mass is 398 g/mol.